The van der Waals surface area contributed by atoms with Crippen molar-refractivity contribution < 1.29 is 13.9 Å². The second kappa shape index (κ2) is 9.28. The maximum atomic E-state index is 12.7. The molecule has 4 nitrogen and oxygen atoms in total. The summed E-state index contributed by atoms with van der Waals surface area (Å²) in [6.07, 6.45) is 7.61. The van der Waals surface area contributed by atoms with Crippen LogP contribution >= 0.6 is 0 Å². The molecule has 2 rings (SSSR count). The van der Waals surface area contributed by atoms with Gasteiger partial charge < -0.3 is 15.4 Å². The Kier molecular flexibility index (Phi) is 7.00. The van der Waals surface area contributed by atoms with Crippen molar-refractivity contribution in [2.45, 2.75) is 51.0 Å². The van der Waals surface area contributed by atoms with Crippen LogP contribution in [0.5, 0.6) is 5.75 Å². The molecule has 0 bridgehead atoms. The lowest BCUT2D eigenvalue weighted by Crippen LogP contribution is -2.43. The minimum Gasteiger partial charge on any atom is -0.494 e. The molecule has 2 N–H and O–H groups in total. The minimum atomic E-state index is -0.263. The zero-order valence-corrected chi connectivity index (χ0v) is 12.9. The van der Waals surface area contributed by atoms with E-state index in [-0.39, 0.29) is 11.8 Å². The van der Waals surface area contributed by atoms with Crippen molar-refractivity contribution in [3.8, 4) is 5.75 Å². The van der Waals surface area contributed by atoms with Crippen molar-refractivity contribution >= 4 is 6.03 Å². The van der Waals surface area contributed by atoms with Crippen molar-refractivity contribution in [3.05, 3.63) is 30.1 Å². The van der Waals surface area contributed by atoms with E-state index >= 15 is 0 Å². The van der Waals surface area contributed by atoms with Gasteiger partial charge in [-0.05, 0) is 49.9 Å². The highest BCUT2D eigenvalue weighted by atomic mass is 19.1. The number of ether oxygens (including phenoxy) is 1. The first-order valence-electron chi connectivity index (χ1n) is 8.17. The fraction of sp³-hybridized carbons (Fsp3) is 0.588. The van der Waals surface area contributed by atoms with Gasteiger partial charge in [0.05, 0.1) is 6.61 Å². The lowest BCUT2D eigenvalue weighted by Gasteiger charge is -2.22. The predicted octanol–water partition coefficient (Wildman–Crippen LogP) is 3.62. The molecule has 0 spiro atoms. The Balaban J connectivity index is 1.48. The fourth-order valence-corrected chi connectivity index (χ4v) is 2.63. The third kappa shape index (κ3) is 6.33. The van der Waals surface area contributed by atoms with E-state index in [1.807, 2.05) is 0 Å². The van der Waals surface area contributed by atoms with Crippen LogP contribution in [0.25, 0.3) is 0 Å². The van der Waals surface area contributed by atoms with Gasteiger partial charge in [-0.2, -0.15) is 0 Å². The highest BCUT2D eigenvalue weighted by molar-refractivity contribution is 5.74. The number of rotatable bonds is 7. The van der Waals surface area contributed by atoms with E-state index < -0.39 is 0 Å². The molecule has 1 fully saturated rings. The van der Waals surface area contributed by atoms with Crippen LogP contribution in [-0.4, -0.2) is 25.2 Å². The average molecular weight is 308 g/mol. The lowest BCUT2D eigenvalue weighted by molar-refractivity contribution is 0.232. The van der Waals surface area contributed by atoms with Crippen molar-refractivity contribution in [2.75, 3.05) is 13.2 Å². The molecule has 5 heteroatoms. The second-order valence-electron chi connectivity index (χ2n) is 5.74. The third-order valence-electron chi connectivity index (χ3n) is 3.88. The summed E-state index contributed by atoms with van der Waals surface area (Å²) >= 11 is 0. The number of amides is 2. The summed E-state index contributed by atoms with van der Waals surface area (Å²) in [6, 6.07) is 6.27. The smallest absolute Gasteiger partial charge is 0.315 e. The molecule has 1 saturated carbocycles. The van der Waals surface area contributed by atoms with E-state index in [2.05, 4.69) is 10.6 Å². The number of nitrogens with one attached hydrogen (secondary N) is 2. The first-order chi connectivity index (χ1) is 10.7. The lowest BCUT2D eigenvalue weighted by atomic mass is 9.96. The van der Waals surface area contributed by atoms with Crippen LogP contribution in [0.1, 0.15) is 44.9 Å². The molecule has 2 amide bonds. The number of hydrogen-bond acceptors (Lipinski definition) is 2. The monoisotopic (exact) mass is 308 g/mol. The number of halogens is 1. The highest BCUT2D eigenvalue weighted by Crippen LogP contribution is 2.17. The summed E-state index contributed by atoms with van der Waals surface area (Å²) < 4.78 is 18.2. The predicted molar refractivity (Wildman–Crippen MR) is 84.5 cm³/mol. The number of carbonyl (C=O) groups excluding carboxylic acids is 1. The van der Waals surface area contributed by atoms with E-state index in [1.165, 1.54) is 31.4 Å². The van der Waals surface area contributed by atoms with Crippen LogP contribution in [0, 0.1) is 5.82 Å². The van der Waals surface area contributed by atoms with Crippen molar-refractivity contribution in [1.29, 1.82) is 0 Å². The molecular weight excluding hydrogens is 283 g/mol. The topological polar surface area (TPSA) is 50.4 Å². The standard InChI is InChI=1S/C17H25FN2O2/c18-14-8-10-16(11-9-14)22-13-5-4-12-19-17(21)20-15-6-2-1-3-7-15/h8-11,15H,1-7,12-13H2,(H2,19,20,21). The number of benzene rings is 1. The fourth-order valence-electron chi connectivity index (χ4n) is 2.63. The summed E-state index contributed by atoms with van der Waals surface area (Å²) in [5, 5.41) is 5.90. The quantitative estimate of drug-likeness (QED) is 0.756. The molecule has 0 aromatic heterocycles. The zero-order chi connectivity index (χ0) is 15.6. The molecule has 1 aliphatic carbocycles. The minimum absolute atomic E-state index is 0.0636. The average Bonchev–Trinajstić information content (AvgIpc) is 2.53. The Morgan fingerprint density at radius 1 is 1.14 bits per heavy atom. The number of carbonyl (C=O) groups is 1. The van der Waals surface area contributed by atoms with Crippen LogP contribution in [0.15, 0.2) is 24.3 Å². The van der Waals surface area contributed by atoms with Gasteiger partial charge in [0.2, 0.25) is 0 Å². The van der Waals surface area contributed by atoms with E-state index in [4.69, 9.17) is 4.74 Å². The molecule has 22 heavy (non-hydrogen) atoms. The van der Waals surface area contributed by atoms with Gasteiger partial charge in [-0.15, -0.1) is 0 Å². The van der Waals surface area contributed by atoms with Gasteiger partial charge in [0.25, 0.3) is 0 Å². The SMILES string of the molecule is O=C(NCCCCOc1ccc(F)cc1)NC1CCCCC1. The van der Waals surface area contributed by atoms with Crippen molar-refractivity contribution in [1.82, 2.24) is 10.6 Å². The van der Waals surface area contributed by atoms with Crippen molar-refractivity contribution in [2.24, 2.45) is 0 Å². The molecule has 0 saturated heterocycles. The number of urea groups is 1. The van der Waals surface area contributed by atoms with Gasteiger partial charge in [-0.1, -0.05) is 19.3 Å². The molecule has 0 radical (unpaired) electrons. The second-order valence-corrected chi connectivity index (χ2v) is 5.74. The molecule has 122 valence electrons. The van der Waals surface area contributed by atoms with E-state index in [9.17, 15) is 9.18 Å². The molecule has 0 unspecified atom stereocenters. The van der Waals surface area contributed by atoms with Crippen LogP contribution in [0.3, 0.4) is 0 Å². The Bertz CT molecular complexity index is 444. The summed E-state index contributed by atoms with van der Waals surface area (Å²) in [5.74, 6) is 0.407. The van der Waals surface area contributed by atoms with E-state index in [1.54, 1.807) is 12.1 Å². The molecule has 1 aromatic rings. The largest absolute Gasteiger partial charge is 0.494 e. The highest BCUT2D eigenvalue weighted by Gasteiger charge is 2.14. The Morgan fingerprint density at radius 2 is 1.86 bits per heavy atom. The van der Waals surface area contributed by atoms with Gasteiger partial charge in [0.1, 0.15) is 11.6 Å². The maximum Gasteiger partial charge on any atom is 0.315 e. The van der Waals surface area contributed by atoms with Gasteiger partial charge in [0.15, 0.2) is 0 Å². The van der Waals surface area contributed by atoms with Crippen LogP contribution in [0.2, 0.25) is 0 Å². The zero-order valence-electron chi connectivity index (χ0n) is 12.9. The molecule has 0 aliphatic heterocycles. The first kappa shape index (κ1) is 16.6. The number of unbranched alkanes of at least 4 members (excludes halogenated alkanes) is 1. The summed E-state index contributed by atoms with van der Waals surface area (Å²) in [6.45, 7) is 1.21. The van der Waals surface area contributed by atoms with Crippen LogP contribution in [-0.2, 0) is 0 Å². The molecule has 0 heterocycles. The van der Waals surface area contributed by atoms with Crippen LogP contribution in [0.4, 0.5) is 9.18 Å². The molecule has 1 aromatic carbocycles. The Morgan fingerprint density at radius 3 is 2.59 bits per heavy atom. The normalized spacial score (nSPS) is 15.3. The Hall–Kier alpha value is -1.78. The van der Waals surface area contributed by atoms with Gasteiger partial charge in [-0.25, -0.2) is 9.18 Å². The summed E-state index contributed by atoms with van der Waals surface area (Å²) in [5.41, 5.74) is 0. The van der Waals surface area contributed by atoms with E-state index in [0.29, 0.717) is 24.9 Å². The van der Waals surface area contributed by atoms with Crippen molar-refractivity contribution in [3.63, 3.8) is 0 Å². The van der Waals surface area contributed by atoms with Gasteiger partial charge in [0, 0.05) is 12.6 Å². The molecule has 1 aliphatic rings. The van der Waals surface area contributed by atoms with Gasteiger partial charge >= 0.3 is 6.03 Å². The molecular formula is C17H25FN2O2. The maximum absolute atomic E-state index is 12.7. The summed E-state index contributed by atoms with van der Waals surface area (Å²) in [7, 11) is 0. The first-order valence-corrected chi connectivity index (χ1v) is 8.17. The molecule has 0 atom stereocenters. The number of hydrogen-bond donors (Lipinski definition) is 2. The summed E-state index contributed by atoms with van der Waals surface area (Å²) in [4.78, 5) is 11.7. The third-order valence-corrected chi connectivity index (χ3v) is 3.88. The van der Waals surface area contributed by atoms with Crippen LogP contribution < -0.4 is 15.4 Å². The van der Waals surface area contributed by atoms with E-state index in [0.717, 1.165) is 25.7 Å². The Labute approximate surface area is 131 Å². The van der Waals surface area contributed by atoms with Gasteiger partial charge in [-0.3, -0.25) is 0 Å².